The van der Waals surface area contributed by atoms with Gasteiger partial charge in [-0.3, -0.25) is 10.1 Å². The number of nitrogens with one attached hydrogen (secondary N) is 1. The highest BCUT2D eigenvalue weighted by atomic mass is 16.6. The molecule has 1 aromatic carbocycles. The van der Waals surface area contributed by atoms with Gasteiger partial charge in [0.15, 0.2) is 0 Å². The average molecular weight is 210 g/mol. The number of aliphatic hydroxyl groups is 1. The fourth-order valence-corrected chi connectivity index (χ4v) is 1.01. The van der Waals surface area contributed by atoms with Gasteiger partial charge in [0.05, 0.1) is 11.2 Å². The van der Waals surface area contributed by atoms with E-state index in [0.29, 0.717) is 0 Å². The maximum Gasteiger partial charge on any atom is 0.292 e. The quantitative estimate of drug-likeness (QED) is 0.332. The molecule has 0 radical (unpaired) electrons. The summed E-state index contributed by atoms with van der Waals surface area (Å²) in [6.45, 7) is 3.24. The second-order valence-electron chi connectivity index (χ2n) is 2.57. The number of hydrogen-bond acceptors (Lipinski definition) is 5. The first-order valence-electron chi connectivity index (χ1n) is 4.09. The average Bonchev–Trinajstić information content (AvgIpc) is 2.18. The summed E-state index contributed by atoms with van der Waals surface area (Å²) < 4.78 is 4.57. The second-order valence-corrected chi connectivity index (χ2v) is 2.57. The molecule has 80 valence electrons. The Bertz CT molecular complexity index is 367. The van der Waals surface area contributed by atoms with Crippen LogP contribution in [0, 0.1) is 10.1 Å². The molecule has 0 saturated carbocycles. The molecular formula is C9H10N2O4. The molecule has 15 heavy (non-hydrogen) atoms. The fourth-order valence-electron chi connectivity index (χ4n) is 1.01. The molecular weight excluding hydrogens is 200 g/mol. The number of nitrogens with zero attached hydrogens (tertiary/aromatic N) is 1. The Labute approximate surface area is 85.9 Å². The first kappa shape index (κ1) is 11.0. The number of anilines is 1. The van der Waals surface area contributed by atoms with Gasteiger partial charge in [-0.2, -0.15) is 0 Å². The Morgan fingerprint density at radius 3 is 2.87 bits per heavy atom. The van der Waals surface area contributed by atoms with E-state index in [9.17, 15) is 15.2 Å². The lowest BCUT2D eigenvalue weighted by molar-refractivity contribution is -0.384. The van der Waals surface area contributed by atoms with Gasteiger partial charge in [0.1, 0.15) is 5.69 Å². The van der Waals surface area contributed by atoms with Crippen LogP contribution in [0.3, 0.4) is 0 Å². The maximum absolute atomic E-state index is 10.6. The van der Waals surface area contributed by atoms with E-state index in [2.05, 4.69) is 16.6 Å². The highest BCUT2D eigenvalue weighted by molar-refractivity contribution is 5.61. The molecule has 0 amide bonds. The molecule has 2 N–H and O–H groups in total. The summed E-state index contributed by atoms with van der Waals surface area (Å²) in [5.74, 6) is 0. The zero-order chi connectivity index (χ0) is 11.3. The Morgan fingerprint density at radius 1 is 1.60 bits per heavy atom. The number of nitro groups is 1. The molecule has 6 heteroatoms. The van der Waals surface area contributed by atoms with Crippen LogP contribution in [0.25, 0.3) is 0 Å². The third kappa shape index (κ3) is 2.96. The molecule has 0 bridgehead atoms. The molecule has 1 rings (SSSR count). The van der Waals surface area contributed by atoms with E-state index < -0.39 is 11.3 Å². The lowest BCUT2D eigenvalue weighted by atomic mass is 10.3. The molecule has 0 aliphatic carbocycles. The van der Waals surface area contributed by atoms with Crippen LogP contribution in [0.5, 0.6) is 0 Å². The van der Waals surface area contributed by atoms with Gasteiger partial charge in [-0.05, 0) is 6.07 Å². The minimum atomic E-state index is -1.36. The van der Waals surface area contributed by atoms with Crippen LogP contribution in [0.15, 0.2) is 37.1 Å². The number of rotatable bonds is 5. The molecule has 6 nitrogen and oxygen atoms in total. The van der Waals surface area contributed by atoms with Crippen LogP contribution in [0.4, 0.5) is 11.4 Å². The van der Waals surface area contributed by atoms with Crippen molar-refractivity contribution >= 4 is 11.4 Å². The molecule has 0 aromatic heterocycles. The van der Waals surface area contributed by atoms with Crippen molar-refractivity contribution < 1.29 is 14.8 Å². The minimum absolute atomic E-state index is 0.135. The smallest absolute Gasteiger partial charge is 0.292 e. The van der Waals surface area contributed by atoms with Crippen molar-refractivity contribution in [2.24, 2.45) is 0 Å². The van der Waals surface area contributed by atoms with E-state index >= 15 is 0 Å². The summed E-state index contributed by atoms with van der Waals surface area (Å²) >= 11 is 0. The molecule has 0 fully saturated rings. The number of nitro benzene ring substituents is 1. The maximum atomic E-state index is 10.6. The van der Waals surface area contributed by atoms with Crippen molar-refractivity contribution in [3.8, 4) is 0 Å². The molecule has 0 aliphatic rings. The number of benzene rings is 1. The van der Waals surface area contributed by atoms with Crippen LogP contribution in [-0.2, 0) is 4.74 Å². The van der Waals surface area contributed by atoms with E-state index in [-0.39, 0.29) is 11.4 Å². The lowest BCUT2D eigenvalue weighted by Crippen LogP contribution is -2.20. The van der Waals surface area contributed by atoms with Gasteiger partial charge >= 0.3 is 0 Å². The number of hydrogen-bond donors (Lipinski definition) is 2. The first-order valence-corrected chi connectivity index (χ1v) is 4.09. The van der Waals surface area contributed by atoms with Gasteiger partial charge < -0.3 is 15.2 Å². The van der Waals surface area contributed by atoms with Gasteiger partial charge in [-0.25, -0.2) is 0 Å². The van der Waals surface area contributed by atoms with E-state index in [4.69, 9.17) is 0 Å². The van der Waals surface area contributed by atoms with Gasteiger partial charge in [-0.15, -0.1) is 0 Å². The van der Waals surface area contributed by atoms with Crippen LogP contribution in [0.1, 0.15) is 0 Å². The summed E-state index contributed by atoms with van der Waals surface area (Å²) in [4.78, 5) is 10.0. The first-order chi connectivity index (χ1) is 7.15. The normalized spacial score (nSPS) is 11.5. The largest absolute Gasteiger partial charge is 0.455 e. The molecule has 0 saturated heterocycles. The molecule has 1 unspecified atom stereocenters. The summed E-state index contributed by atoms with van der Waals surface area (Å²) in [5, 5.41) is 22.2. The van der Waals surface area contributed by atoms with E-state index in [1.807, 2.05) is 0 Å². The van der Waals surface area contributed by atoms with Gasteiger partial charge in [0.25, 0.3) is 12.1 Å². The van der Waals surface area contributed by atoms with E-state index in [1.54, 1.807) is 6.07 Å². The van der Waals surface area contributed by atoms with Crippen molar-refractivity contribution in [1.82, 2.24) is 0 Å². The Hall–Kier alpha value is -2.08. The monoisotopic (exact) mass is 210 g/mol. The zero-order valence-electron chi connectivity index (χ0n) is 7.79. The number of ether oxygens (including phenoxy) is 1. The SMILES string of the molecule is C=COC(O)Nc1ccccc1[N+](=O)[O-]. The second kappa shape index (κ2) is 4.97. The Morgan fingerprint density at radius 2 is 2.27 bits per heavy atom. The third-order valence-electron chi connectivity index (χ3n) is 1.60. The topological polar surface area (TPSA) is 84.6 Å². The molecule has 0 spiro atoms. The predicted molar refractivity (Wildman–Crippen MR) is 54.0 cm³/mol. The van der Waals surface area contributed by atoms with Gasteiger partial charge in [0.2, 0.25) is 0 Å². The standard InChI is InChI=1S/C9H10N2O4/c1-2-15-9(12)10-7-5-3-4-6-8(7)11(13)14/h2-6,9-10,12H,1H2. The highest BCUT2D eigenvalue weighted by Gasteiger charge is 2.14. The molecule has 0 aliphatic heterocycles. The number of para-hydroxylation sites is 2. The van der Waals surface area contributed by atoms with Crippen LogP contribution in [-0.4, -0.2) is 16.4 Å². The summed E-state index contributed by atoms with van der Waals surface area (Å²) in [6, 6.07) is 5.93. The fraction of sp³-hybridized carbons (Fsp3) is 0.111. The van der Waals surface area contributed by atoms with Crippen LogP contribution >= 0.6 is 0 Å². The third-order valence-corrected chi connectivity index (χ3v) is 1.60. The van der Waals surface area contributed by atoms with Crippen molar-refractivity contribution in [1.29, 1.82) is 0 Å². The van der Waals surface area contributed by atoms with Crippen LogP contribution in [0.2, 0.25) is 0 Å². The minimum Gasteiger partial charge on any atom is -0.455 e. The van der Waals surface area contributed by atoms with Crippen molar-refractivity contribution in [3.05, 3.63) is 47.2 Å². The molecule has 1 atom stereocenters. The summed E-state index contributed by atoms with van der Waals surface area (Å²) in [7, 11) is 0. The Kier molecular flexibility index (Phi) is 3.64. The van der Waals surface area contributed by atoms with Crippen molar-refractivity contribution in [2.75, 3.05) is 5.32 Å². The Balaban J connectivity index is 2.84. The molecule has 0 heterocycles. The van der Waals surface area contributed by atoms with Gasteiger partial charge in [0, 0.05) is 6.07 Å². The zero-order valence-corrected chi connectivity index (χ0v) is 7.79. The van der Waals surface area contributed by atoms with Crippen LogP contribution < -0.4 is 5.32 Å². The van der Waals surface area contributed by atoms with Crippen molar-refractivity contribution in [3.63, 3.8) is 0 Å². The van der Waals surface area contributed by atoms with Crippen molar-refractivity contribution in [2.45, 2.75) is 6.41 Å². The number of aliphatic hydroxyl groups excluding tert-OH is 1. The summed E-state index contributed by atoms with van der Waals surface area (Å²) in [6.07, 6.45) is -0.324. The molecule has 1 aromatic rings. The van der Waals surface area contributed by atoms with Gasteiger partial charge in [-0.1, -0.05) is 18.7 Å². The van der Waals surface area contributed by atoms with E-state index in [0.717, 1.165) is 6.26 Å². The summed E-state index contributed by atoms with van der Waals surface area (Å²) in [5.41, 5.74) is 0.0427. The highest BCUT2D eigenvalue weighted by Crippen LogP contribution is 2.23. The van der Waals surface area contributed by atoms with E-state index in [1.165, 1.54) is 18.2 Å². The lowest BCUT2D eigenvalue weighted by Gasteiger charge is -2.12. The predicted octanol–water partition coefficient (Wildman–Crippen LogP) is 1.44.